The Morgan fingerprint density at radius 3 is 2.69 bits per heavy atom. The van der Waals surface area contributed by atoms with Crippen molar-refractivity contribution < 1.29 is 14.3 Å². The fourth-order valence-electron chi connectivity index (χ4n) is 1.69. The summed E-state index contributed by atoms with van der Waals surface area (Å²) >= 11 is 0. The largest absolute Gasteiger partial charge is 0.467 e. The SMILES string of the molecule is COC(=O)[C@H](OC)c1cc2ccccc2[nH]1. The number of aromatic nitrogens is 1. The van der Waals surface area contributed by atoms with Crippen molar-refractivity contribution in [3.8, 4) is 0 Å². The van der Waals surface area contributed by atoms with E-state index in [1.165, 1.54) is 14.2 Å². The number of hydrogen-bond acceptors (Lipinski definition) is 3. The van der Waals surface area contributed by atoms with Crippen LogP contribution in [0.1, 0.15) is 11.8 Å². The van der Waals surface area contributed by atoms with E-state index < -0.39 is 12.1 Å². The molecule has 0 radical (unpaired) electrons. The van der Waals surface area contributed by atoms with Gasteiger partial charge in [0.1, 0.15) is 0 Å². The minimum atomic E-state index is -0.697. The maximum atomic E-state index is 11.5. The predicted molar refractivity (Wildman–Crippen MR) is 60.1 cm³/mol. The first-order valence-electron chi connectivity index (χ1n) is 4.94. The Kier molecular flexibility index (Phi) is 2.92. The van der Waals surface area contributed by atoms with Gasteiger partial charge in [-0.1, -0.05) is 18.2 Å². The summed E-state index contributed by atoms with van der Waals surface area (Å²) in [5, 5.41) is 1.04. The quantitative estimate of drug-likeness (QED) is 0.803. The summed E-state index contributed by atoms with van der Waals surface area (Å²) in [4.78, 5) is 14.6. The zero-order chi connectivity index (χ0) is 11.5. The minimum Gasteiger partial charge on any atom is -0.467 e. The Balaban J connectivity index is 2.41. The maximum Gasteiger partial charge on any atom is 0.341 e. The van der Waals surface area contributed by atoms with E-state index in [9.17, 15) is 4.79 Å². The minimum absolute atomic E-state index is 0.408. The van der Waals surface area contributed by atoms with Gasteiger partial charge in [0.15, 0.2) is 6.10 Å². The summed E-state index contributed by atoms with van der Waals surface area (Å²) in [6.07, 6.45) is -0.697. The number of methoxy groups -OCH3 is 2. The van der Waals surface area contributed by atoms with Crippen LogP contribution in [0, 0.1) is 0 Å². The van der Waals surface area contributed by atoms with E-state index in [4.69, 9.17) is 4.74 Å². The molecule has 0 aliphatic heterocycles. The molecule has 4 nitrogen and oxygen atoms in total. The third-order valence-corrected chi connectivity index (χ3v) is 2.48. The summed E-state index contributed by atoms with van der Waals surface area (Å²) in [6, 6.07) is 9.69. The fraction of sp³-hybridized carbons (Fsp3) is 0.250. The predicted octanol–water partition coefficient (Wildman–Crippen LogP) is 2.03. The molecule has 0 amide bonds. The first-order valence-corrected chi connectivity index (χ1v) is 4.94. The van der Waals surface area contributed by atoms with Gasteiger partial charge >= 0.3 is 5.97 Å². The third-order valence-electron chi connectivity index (χ3n) is 2.48. The standard InChI is InChI=1S/C12H13NO3/c1-15-11(12(14)16-2)10-7-8-5-3-4-6-9(8)13-10/h3-7,11,13H,1-2H3/t11-/m1/s1. The number of nitrogens with one attached hydrogen (secondary N) is 1. The number of hydrogen-bond donors (Lipinski definition) is 1. The van der Waals surface area contributed by atoms with Gasteiger partial charge < -0.3 is 14.5 Å². The van der Waals surface area contributed by atoms with Gasteiger partial charge in [-0.3, -0.25) is 0 Å². The first-order chi connectivity index (χ1) is 7.76. The summed E-state index contributed by atoms with van der Waals surface area (Å²) in [7, 11) is 2.82. The van der Waals surface area contributed by atoms with Crippen LogP contribution in [-0.4, -0.2) is 25.2 Å². The summed E-state index contributed by atoms with van der Waals surface area (Å²) in [5.74, 6) is -0.408. The molecule has 1 atom stereocenters. The first kappa shape index (κ1) is 10.7. The zero-order valence-corrected chi connectivity index (χ0v) is 9.19. The molecule has 1 N–H and O–H groups in total. The van der Waals surface area contributed by atoms with Crippen LogP contribution in [0.4, 0.5) is 0 Å². The van der Waals surface area contributed by atoms with Crippen LogP contribution in [0.15, 0.2) is 30.3 Å². The molecule has 4 heteroatoms. The second kappa shape index (κ2) is 4.37. The van der Waals surface area contributed by atoms with Crippen LogP contribution in [-0.2, 0) is 14.3 Å². The van der Waals surface area contributed by atoms with Crippen LogP contribution in [0.2, 0.25) is 0 Å². The topological polar surface area (TPSA) is 51.3 Å². The lowest BCUT2D eigenvalue weighted by Crippen LogP contribution is -2.16. The number of benzene rings is 1. The Morgan fingerprint density at radius 2 is 2.06 bits per heavy atom. The van der Waals surface area contributed by atoms with Gasteiger partial charge in [0.25, 0.3) is 0 Å². The lowest BCUT2D eigenvalue weighted by atomic mass is 10.2. The second-order valence-corrected chi connectivity index (χ2v) is 3.45. The number of carbonyl (C=O) groups excluding carboxylic acids is 1. The molecule has 0 aliphatic carbocycles. The molecule has 84 valence electrons. The molecule has 0 saturated carbocycles. The lowest BCUT2D eigenvalue weighted by Gasteiger charge is -2.10. The van der Waals surface area contributed by atoms with Gasteiger partial charge in [0.05, 0.1) is 12.8 Å². The number of H-pyrrole nitrogens is 1. The van der Waals surface area contributed by atoms with Gasteiger partial charge in [-0.2, -0.15) is 0 Å². The zero-order valence-electron chi connectivity index (χ0n) is 9.19. The average Bonchev–Trinajstić information content (AvgIpc) is 2.72. The summed E-state index contributed by atoms with van der Waals surface area (Å²) < 4.78 is 9.78. The molecular weight excluding hydrogens is 206 g/mol. The highest BCUT2D eigenvalue weighted by Crippen LogP contribution is 2.22. The van der Waals surface area contributed by atoms with E-state index in [0.717, 1.165) is 10.9 Å². The van der Waals surface area contributed by atoms with Gasteiger partial charge in [-0.05, 0) is 17.5 Å². The number of fused-ring (bicyclic) bond motifs is 1. The molecule has 0 unspecified atom stereocenters. The van der Waals surface area contributed by atoms with Crippen molar-refractivity contribution in [3.05, 3.63) is 36.0 Å². The van der Waals surface area contributed by atoms with Crippen molar-refractivity contribution in [2.45, 2.75) is 6.10 Å². The molecule has 0 saturated heterocycles. The smallest absolute Gasteiger partial charge is 0.341 e. The summed E-state index contributed by atoms with van der Waals surface area (Å²) in [5.41, 5.74) is 1.68. The van der Waals surface area contributed by atoms with Crippen molar-refractivity contribution in [3.63, 3.8) is 0 Å². The van der Waals surface area contributed by atoms with Gasteiger partial charge in [-0.25, -0.2) is 4.79 Å². The Hall–Kier alpha value is -1.81. The number of para-hydroxylation sites is 1. The third kappa shape index (κ3) is 1.79. The molecule has 0 spiro atoms. The van der Waals surface area contributed by atoms with Crippen molar-refractivity contribution in [1.82, 2.24) is 4.98 Å². The van der Waals surface area contributed by atoms with E-state index in [-0.39, 0.29) is 0 Å². The molecule has 2 rings (SSSR count). The van der Waals surface area contributed by atoms with E-state index in [1.807, 2.05) is 30.3 Å². The van der Waals surface area contributed by atoms with Crippen LogP contribution < -0.4 is 0 Å². The van der Waals surface area contributed by atoms with Crippen LogP contribution in [0.3, 0.4) is 0 Å². The molecule has 1 heterocycles. The Labute approximate surface area is 93.2 Å². The van der Waals surface area contributed by atoms with Crippen LogP contribution in [0.5, 0.6) is 0 Å². The molecule has 0 aliphatic rings. The van der Waals surface area contributed by atoms with E-state index in [0.29, 0.717) is 5.69 Å². The molecule has 16 heavy (non-hydrogen) atoms. The molecular formula is C12H13NO3. The van der Waals surface area contributed by atoms with E-state index in [2.05, 4.69) is 9.72 Å². The van der Waals surface area contributed by atoms with Gasteiger partial charge in [0, 0.05) is 12.6 Å². The van der Waals surface area contributed by atoms with Crippen molar-refractivity contribution in [2.24, 2.45) is 0 Å². The molecule has 0 bridgehead atoms. The highest BCUT2D eigenvalue weighted by atomic mass is 16.6. The fourth-order valence-corrected chi connectivity index (χ4v) is 1.69. The number of ether oxygens (including phenoxy) is 2. The second-order valence-electron chi connectivity index (χ2n) is 3.45. The van der Waals surface area contributed by atoms with Crippen LogP contribution in [0.25, 0.3) is 10.9 Å². The Bertz CT molecular complexity index is 471. The molecule has 2 aromatic rings. The van der Waals surface area contributed by atoms with Gasteiger partial charge in [0.2, 0.25) is 0 Å². The van der Waals surface area contributed by atoms with Crippen molar-refractivity contribution in [1.29, 1.82) is 0 Å². The normalized spacial score (nSPS) is 12.6. The Morgan fingerprint density at radius 1 is 1.31 bits per heavy atom. The number of aromatic amines is 1. The summed E-state index contributed by atoms with van der Waals surface area (Å²) in [6.45, 7) is 0. The number of esters is 1. The monoisotopic (exact) mass is 219 g/mol. The lowest BCUT2D eigenvalue weighted by molar-refractivity contribution is -0.152. The number of rotatable bonds is 3. The number of carbonyl (C=O) groups is 1. The highest BCUT2D eigenvalue weighted by Gasteiger charge is 2.22. The average molecular weight is 219 g/mol. The van der Waals surface area contributed by atoms with Crippen molar-refractivity contribution >= 4 is 16.9 Å². The maximum absolute atomic E-state index is 11.5. The molecule has 1 aromatic carbocycles. The van der Waals surface area contributed by atoms with Crippen LogP contribution >= 0.6 is 0 Å². The van der Waals surface area contributed by atoms with E-state index >= 15 is 0 Å². The molecule has 1 aromatic heterocycles. The highest BCUT2D eigenvalue weighted by molar-refractivity contribution is 5.83. The molecule has 0 fully saturated rings. The van der Waals surface area contributed by atoms with Gasteiger partial charge in [-0.15, -0.1) is 0 Å². The van der Waals surface area contributed by atoms with Crippen molar-refractivity contribution in [2.75, 3.05) is 14.2 Å². The van der Waals surface area contributed by atoms with E-state index in [1.54, 1.807) is 0 Å².